The summed E-state index contributed by atoms with van der Waals surface area (Å²) in [6.07, 6.45) is 5.18. The number of aromatic nitrogens is 4. The quantitative estimate of drug-likeness (QED) is 0.863. The van der Waals surface area contributed by atoms with E-state index in [9.17, 15) is 9.90 Å². The zero-order valence-electron chi connectivity index (χ0n) is 11.6. The Hall–Kier alpha value is -2.28. The van der Waals surface area contributed by atoms with Gasteiger partial charge in [0.15, 0.2) is 0 Å². The molecule has 0 radical (unpaired) electrons. The number of aliphatic hydroxyl groups is 1. The minimum atomic E-state index is -0.470. The number of carbonyl (C=O) groups excluding carboxylic acids is 1. The zero-order chi connectivity index (χ0) is 14.7. The number of tetrazole rings is 1. The third-order valence-electron chi connectivity index (χ3n) is 3.96. The van der Waals surface area contributed by atoms with Gasteiger partial charge in [-0.1, -0.05) is 18.9 Å². The number of carbonyl (C=O) groups is 1. The number of aliphatic hydroxyl groups excluding tert-OH is 1. The molecule has 1 aliphatic rings. The van der Waals surface area contributed by atoms with Crippen molar-refractivity contribution >= 4 is 5.91 Å². The summed E-state index contributed by atoms with van der Waals surface area (Å²) in [6.45, 7) is -0.0224. The highest BCUT2D eigenvalue weighted by atomic mass is 16.3. The molecule has 0 bridgehead atoms. The van der Waals surface area contributed by atoms with Gasteiger partial charge in [-0.25, -0.2) is 4.68 Å². The van der Waals surface area contributed by atoms with Gasteiger partial charge in [-0.15, -0.1) is 5.10 Å². The zero-order valence-corrected chi connectivity index (χ0v) is 11.6. The summed E-state index contributed by atoms with van der Waals surface area (Å²) in [5.74, 6) is -0.180. The second kappa shape index (κ2) is 5.61. The summed E-state index contributed by atoms with van der Waals surface area (Å²) in [4.78, 5) is 12.4. The lowest BCUT2D eigenvalue weighted by atomic mass is 9.98. The van der Waals surface area contributed by atoms with Gasteiger partial charge in [0.05, 0.1) is 17.8 Å². The van der Waals surface area contributed by atoms with Gasteiger partial charge in [0.2, 0.25) is 0 Å². The van der Waals surface area contributed by atoms with Gasteiger partial charge in [0.1, 0.15) is 6.33 Å². The van der Waals surface area contributed by atoms with Crippen molar-refractivity contribution < 1.29 is 9.90 Å². The maximum Gasteiger partial charge on any atom is 0.251 e. The van der Waals surface area contributed by atoms with E-state index in [1.54, 1.807) is 18.2 Å². The number of nitrogens with zero attached hydrogens (tertiary/aromatic N) is 4. The Morgan fingerprint density at radius 2 is 2.19 bits per heavy atom. The van der Waals surface area contributed by atoms with Crippen molar-refractivity contribution in [3.8, 4) is 5.69 Å². The molecule has 1 fully saturated rings. The molecule has 0 saturated heterocycles. The standard InChI is InChI=1S/C14H17N5O2/c20-9-14(6-1-2-7-14)16-13(21)11-4-3-5-12(8-11)19-10-15-17-18-19/h3-5,8,10,20H,1-2,6-7,9H2,(H,16,21). The van der Waals surface area contributed by atoms with Crippen LogP contribution in [0.4, 0.5) is 0 Å². The minimum Gasteiger partial charge on any atom is -0.394 e. The largest absolute Gasteiger partial charge is 0.394 e. The van der Waals surface area contributed by atoms with E-state index in [-0.39, 0.29) is 12.5 Å². The third kappa shape index (κ3) is 2.78. The van der Waals surface area contributed by atoms with E-state index in [2.05, 4.69) is 20.8 Å². The van der Waals surface area contributed by atoms with Crippen molar-refractivity contribution in [2.24, 2.45) is 0 Å². The highest BCUT2D eigenvalue weighted by Gasteiger charge is 2.34. The third-order valence-corrected chi connectivity index (χ3v) is 3.96. The van der Waals surface area contributed by atoms with Crippen LogP contribution in [0.15, 0.2) is 30.6 Å². The van der Waals surface area contributed by atoms with E-state index < -0.39 is 5.54 Å². The van der Waals surface area contributed by atoms with Crippen LogP contribution < -0.4 is 5.32 Å². The van der Waals surface area contributed by atoms with E-state index in [0.29, 0.717) is 5.56 Å². The fraction of sp³-hybridized carbons (Fsp3) is 0.429. The Balaban J connectivity index is 1.80. The lowest BCUT2D eigenvalue weighted by molar-refractivity contribution is 0.0838. The molecule has 7 nitrogen and oxygen atoms in total. The predicted octanol–water partition coefficient (Wildman–Crippen LogP) is 0.697. The number of amides is 1. The molecule has 2 N–H and O–H groups in total. The Morgan fingerprint density at radius 3 is 2.86 bits per heavy atom. The van der Waals surface area contributed by atoms with Gasteiger partial charge in [-0.05, 0) is 41.5 Å². The molecule has 0 spiro atoms. The highest BCUT2D eigenvalue weighted by molar-refractivity contribution is 5.95. The van der Waals surface area contributed by atoms with Crippen LogP contribution in [0.3, 0.4) is 0 Å². The predicted molar refractivity (Wildman–Crippen MR) is 74.9 cm³/mol. The molecule has 0 atom stereocenters. The van der Waals surface area contributed by atoms with E-state index in [4.69, 9.17) is 0 Å². The molecule has 1 aliphatic carbocycles. The normalized spacial score (nSPS) is 16.8. The summed E-state index contributed by atoms with van der Waals surface area (Å²) < 4.78 is 1.49. The molecule has 7 heteroatoms. The number of hydrogen-bond donors (Lipinski definition) is 2. The maximum atomic E-state index is 12.4. The molecule has 0 unspecified atom stereocenters. The second-order valence-corrected chi connectivity index (χ2v) is 5.40. The monoisotopic (exact) mass is 287 g/mol. The van der Waals surface area contributed by atoms with E-state index in [1.807, 2.05) is 6.07 Å². The van der Waals surface area contributed by atoms with Crippen LogP contribution in [0, 0.1) is 0 Å². The average Bonchev–Trinajstić information content (AvgIpc) is 3.19. The number of hydrogen-bond acceptors (Lipinski definition) is 5. The molecule has 1 amide bonds. The van der Waals surface area contributed by atoms with Gasteiger partial charge >= 0.3 is 0 Å². The smallest absolute Gasteiger partial charge is 0.251 e. The topological polar surface area (TPSA) is 92.9 Å². The first-order valence-electron chi connectivity index (χ1n) is 6.99. The second-order valence-electron chi connectivity index (χ2n) is 5.40. The SMILES string of the molecule is O=C(NC1(CO)CCCC1)c1cccc(-n2cnnn2)c1. The Morgan fingerprint density at radius 1 is 1.38 bits per heavy atom. The van der Waals surface area contributed by atoms with E-state index in [0.717, 1.165) is 31.4 Å². The van der Waals surface area contributed by atoms with Crippen LogP contribution in [0.25, 0.3) is 5.69 Å². The lowest BCUT2D eigenvalue weighted by Gasteiger charge is -2.28. The van der Waals surface area contributed by atoms with Crippen LogP contribution in [0.1, 0.15) is 36.0 Å². The first-order valence-corrected chi connectivity index (χ1v) is 6.99. The first-order chi connectivity index (χ1) is 10.2. The molecular weight excluding hydrogens is 270 g/mol. The van der Waals surface area contributed by atoms with Crippen molar-refractivity contribution in [2.75, 3.05) is 6.61 Å². The molecule has 1 aromatic carbocycles. The summed E-state index contributed by atoms with van der Waals surface area (Å²) >= 11 is 0. The van der Waals surface area contributed by atoms with Crippen LogP contribution in [0.2, 0.25) is 0 Å². The molecule has 21 heavy (non-hydrogen) atoms. The lowest BCUT2D eigenvalue weighted by Crippen LogP contribution is -2.49. The van der Waals surface area contributed by atoms with Gasteiger partial charge in [-0.2, -0.15) is 0 Å². The summed E-state index contributed by atoms with van der Waals surface area (Å²) in [5.41, 5.74) is 0.780. The summed E-state index contributed by atoms with van der Waals surface area (Å²) in [7, 11) is 0. The van der Waals surface area contributed by atoms with E-state index in [1.165, 1.54) is 11.0 Å². The Kier molecular flexibility index (Phi) is 3.66. The molecule has 110 valence electrons. The summed E-state index contributed by atoms with van der Waals surface area (Å²) in [6, 6.07) is 7.08. The van der Waals surface area contributed by atoms with Gasteiger partial charge in [-0.3, -0.25) is 4.79 Å². The van der Waals surface area contributed by atoms with Gasteiger partial charge in [0, 0.05) is 5.56 Å². The van der Waals surface area contributed by atoms with Crippen molar-refractivity contribution in [2.45, 2.75) is 31.2 Å². The molecular formula is C14H17N5O2. The van der Waals surface area contributed by atoms with Crippen LogP contribution in [-0.2, 0) is 0 Å². The van der Waals surface area contributed by atoms with Crippen LogP contribution in [0.5, 0.6) is 0 Å². The van der Waals surface area contributed by atoms with Gasteiger partial charge in [0.25, 0.3) is 5.91 Å². The van der Waals surface area contributed by atoms with Crippen molar-refractivity contribution in [3.05, 3.63) is 36.2 Å². The number of rotatable bonds is 4. The fourth-order valence-corrected chi connectivity index (χ4v) is 2.76. The Bertz CT molecular complexity index is 620. The molecule has 3 rings (SSSR count). The first kappa shape index (κ1) is 13.7. The van der Waals surface area contributed by atoms with Gasteiger partial charge < -0.3 is 10.4 Å². The summed E-state index contributed by atoms with van der Waals surface area (Å²) in [5, 5.41) is 23.5. The van der Waals surface area contributed by atoms with Crippen molar-refractivity contribution in [1.82, 2.24) is 25.5 Å². The molecule has 1 heterocycles. The van der Waals surface area contributed by atoms with E-state index >= 15 is 0 Å². The maximum absolute atomic E-state index is 12.4. The van der Waals surface area contributed by atoms with Crippen LogP contribution in [-0.4, -0.2) is 43.4 Å². The minimum absolute atomic E-state index is 0.0224. The van der Waals surface area contributed by atoms with Crippen LogP contribution >= 0.6 is 0 Å². The molecule has 0 aliphatic heterocycles. The van der Waals surface area contributed by atoms with Crippen molar-refractivity contribution in [3.63, 3.8) is 0 Å². The number of benzene rings is 1. The highest BCUT2D eigenvalue weighted by Crippen LogP contribution is 2.29. The molecule has 1 saturated carbocycles. The molecule has 2 aromatic rings. The van der Waals surface area contributed by atoms with Crippen molar-refractivity contribution in [1.29, 1.82) is 0 Å². The Labute approximate surface area is 122 Å². The fourth-order valence-electron chi connectivity index (χ4n) is 2.76. The number of nitrogens with one attached hydrogen (secondary N) is 1. The average molecular weight is 287 g/mol. The molecule has 1 aromatic heterocycles.